The van der Waals surface area contributed by atoms with E-state index in [1.54, 1.807) is 6.33 Å². The Hall–Kier alpha value is -2.97. The Bertz CT molecular complexity index is 1010. The number of hydrogen-bond donors (Lipinski definition) is 2. The smallest absolute Gasteiger partial charge is 0.246 e. The number of fused-ring (bicyclic) bond motifs is 1. The van der Waals surface area contributed by atoms with Crippen molar-refractivity contribution < 1.29 is 9.32 Å². The first kappa shape index (κ1) is 18.1. The van der Waals surface area contributed by atoms with Crippen LogP contribution in [-0.2, 0) is 18.4 Å². The summed E-state index contributed by atoms with van der Waals surface area (Å²) in [6, 6.07) is 2.34. The second kappa shape index (κ2) is 7.46. The van der Waals surface area contributed by atoms with E-state index in [1.807, 2.05) is 23.9 Å². The number of nitrogens with one attached hydrogen (secondary N) is 2. The molecule has 3 heterocycles. The fourth-order valence-electron chi connectivity index (χ4n) is 4.04. The summed E-state index contributed by atoms with van der Waals surface area (Å²) >= 11 is 0. The lowest BCUT2D eigenvalue weighted by Crippen LogP contribution is -2.35. The molecule has 0 radical (unpaired) electrons. The standard InChI is InChI=1S/C20H25N7O2/c1-27-9-8-15-18(22-11-23-19(15)27)24-14-6-4-13(5-7-14)20(28)21-10-16-25-17(26-29-16)12-2-3-12/h8-9,11-14H,2-7,10H2,1H3,(H,21,28)(H,22,23,24). The summed E-state index contributed by atoms with van der Waals surface area (Å²) in [4.78, 5) is 25.6. The number of carbonyl (C=O) groups excluding carboxylic acids is 1. The van der Waals surface area contributed by atoms with Crippen LogP contribution in [0.1, 0.15) is 56.2 Å². The van der Waals surface area contributed by atoms with Gasteiger partial charge in [0.15, 0.2) is 5.82 Å². The largest absolute Gasteiger partial charge is 0.367 e. The van der Waals surface area contributed by atoms with Gasteiger partial charge in [-0.15, -0.1) is 0 Å². The zero-order valence-electron chi connectivity index (χ0n) is 16.5. The molecule has 2 N–H and O–H groups in total. The molecule has 0 atom stereocenters. The van der Waals surface area contributed by atoms with Crippen molar-refractivity contribution in [2.45, 2.75) is 57.0 Å². The molecule has 0 unspecified atom stereocenters. The highest BCUT2D eigenvalue weighted by molar-refractivity contribution is 5.87. The second-order valence-electron chi connectivity index (χ2n) is 8.12. The first-order valence-electron chi connectivity index (χ1n) is 10.3. The van der Waals surface area contributed by atoms with Crippen LogP contribution >= 0.6 is 0 Å². The first-order valence-corrected chi connectivity index (χ1v) is 10.3. The van der Waals surface area contributed by atoms with Gasteiger partial charge in [0.25, 0.3) is 0 Å². The van der Waals surface area contributed by atoms with Crippen molar-refractivity contribution in [1.82, 2.24) is 30.0 Å². The lowest BCUT2D eigenvalue weighted by Gasteiger charge is -2.28. The Labute approximate surface area is 168 Å². The van der Waals surface area contributed by atoms with Crippen molar-refractivity contribution in [3.05, 3.63) is 30.3 Å². The van der Waals surface area contributed by atoms with E-state index in [-0.39, 0.29) is 11.8 Å². The molecule has 29 heavy (non-hydrogen) atoms. The molecule has 2 aliphatic carbocycles. The molecular formula is C20H25N7O2. The van der Waals surface area contributed by atoms with E-state index in [4.69, 9.17) is 4.52 Å². The molecule has 2 saturated carbocycles. The molecule has 0 aliphatic heterocycles. The number of carbonyl (C=O) groups is 1. The van der Waals surface area contributed by atoms with Crippen LogP contribution in [0.2, 0.25) is 0 Å². The van der Waals surface area contributed by atoms with E-state index in [2.05, 4.69) is 30.7 Å². The molecular weight excluding hydrogens is 370 g/mol. The molecule has 9 nitrogen and oxygen atoms in total. The number of anilines is 1. The first-order chi connectivity index (χ1) is 14.2. The highest BCUT2D eigenvalue weighted by Crippen LogP contribution is 2.38. The van der Waals surface area contributed by atoms with Crippen LogP contribution in [0.15, 0.2) is 23.1 Å². The predicted octanol–water partition coefficient (Wildman–Crippen LogP) is 2.52. The average molecular weight is 395 g/mol. The number of nitrogens with zero attached hydrogens (tertiary/aromatic N) is 5. The molecule has 0 saturated heterocycles. The summed E-state index contributed by atoms with van der Waals surface area (Å²) in [6.07, 6.45) is 9.42. The summed E-state index contributed by atoms with van der Waals surface area (Å²) in [5.41, 5.74) is 0.918. The van der Waals surface area contributed by atoms with E-state index >= 15 is 0 Å². The normalized spacial score (nSPS) is 22.0. The van der Waals surface area contributed by atoms with E-state index in [1.165, 1.54) is 0 Å². The van der Waals surface area contributed by atoms with Crippen molar-refractivity contribution >= 4 is 22.8 Å². The van der Waals surface area contributed by atoms with Crippen molar-refractivity contribution in [3.8, 4) is 0 Å². The number of hydrogen-bond acceptors (Lipinski definition) is 7. The van der Waals surface area contributed by atoms with Gasteiger partial charge in [-0.3, -0.25) is 4.79 Å². The lowest BCUT2D eigenvalue weighted by molar-refractivity contribution is -0.126. The van der Waals surface area contributed by atoms with Crippen molar-refractivity contribution in [2.75, 3.05) is 5.32 Å². The van der Waals surface area contributed by atoms with Crippen molar-refractivity contribution in [1.29, 1.82) is 0 Å². The summed E-state index contributed by atoms with van der Waals surface area (Å²) in [7, 11) is 1.98. The summed E-state index contributed by atoms with van der Waals surface area (Å²) in [5, 5.41) is 11.5. The van der Waals surface area contributed by atoms with E-state index < -0.39 is 0 Å². The quantitative estimate of drug-likeness (QED) is 0.660. The van der Waals surface area contributed by atoms with Gasteiger partial charge in [-0.1, -0.05) is 5.16 Å². The minimum Gasteiger partial charge on any atom is -0.367 e. The number of aromatic nitrogens is 5. The second-order valence-corrected chi connectivity index (χ2v) is 8.12. The van der Waals surface area contributed by atoms with Gasteiger partial charge in [-0.05, 0) is 44.6 Å². The molecule has 0 bridgehead atoms. The lowest BCUT2D eigenvalue weighted by atomic mass is 9.85. The van der Waals surface area contributed by atoms with Gasteiger partial charge in [0.2, 0.25) is 11.8 Å². The van der Waals surface area contributed by atoms with Crippen LogP contribution in [0, 0.1) is 5.92 Å². The van der Waals surface area contributed by atoms with Crippen LogP contribution in [-0.4, -0.2) is 36.6 Å². The third-order valence-corrected chi connectivity index (χ3v) is 5.94. The number of aryl methyl sites for hydroxylation is 1. The molecule has 9 heteroatoms. The fourth-order valence-corrected chi connectivity index (χ4v) is 4.04. The molecule has 2 aliphatic rings. The van der Waals surface area contributed by atoms with E-state index in [0.29, 0.717) is 24.4 Å². The van der Waals surface area contributed by atoms with Gasteiger partial charge in [-0.25, -0.2) is 9.97 Å². The maximum Gasteiger partial charge on any atom is 0.246 e. The minimum absolute atomic E-state index is 0.0287. The zero-order chi connectivity index (χ0) is 19.8. The van der Waals surface area contributed by atoms with Crippen LogP contribution in [0.5, 0.6) is 0 Å². The van der Waals surface area contributed by atoms with Gasteiger partial charge in [0, 0.05) is 31.1 Å². The third-order valence-electron chi connectivity index (χ3n) is 5.94. The summed E-state index contributed by atoms with van der Waals surface area (Å²) in [6.45, 7) is 0.309. The van der Waals surface area contributed by atoms with Crippen LogP contribution in [0.4, 0.5) is 5.82 Å². The third kappa shape index (κ3) is 3.81. The van der Waals surface area contributed by atoms with Crippen LogP contribution in [0.25, 0.3) is 11.0 Å². The molecule has 3 aromatic heterocycles. The topological polar surface area (TPSA) is 111 Å². The van der Waals surface area contributed by atoms with Gasteiger partial charge < -0.3 is 19.7 Å². The summed E-state index contributed by atoms with van der Waals surface area (Å²) < 4.78 is 7.21. The molecule has 152 valence electrons. The van der Waals surface area contributed by atoms with Crippen molar-refractivity contribution in [3.63, 3.8) is 0 Å². The van der Waals surface area contributed by atoms with Gasteiger partial charge in [-0.2, -0.15) is 4.98 Å². The average Bonchev–Trinajstić information content (AvgIpc) is 3.36. The van der Waals surface area contributed by atoms with Gasteiger partial charge in [0.05, 0.1) is 11.9 Å². The SMILES string of the molecule is Cn1ccc2c(NC3CCC(C(=O)NCc4nc(C5CC5)no4)CC3)ncnc21. The molecule has 3 aromatic rings. The van der Waals surface area contributed by atoms with E-state index in [9.17, 15) is 4.79 Å². The highest BCUT2D eigenvalue weighted by Gasteiger charge is 2.29. The molecule has 2 fully saturated rings. The van der Waals surface area contributed by atoms with Crippen LogP contribution < -0.4 is 10.6 Å². The Morgan fingerprint density at radius 2 is 2.03 bits per heavy atom. The Morgan fingerprint density at radius 3 is 2.83 bits per heavy atom. The van der Waals surface area contributed by atoms with Gasteiger partial charge in [0.1, 0.15) is 17.8 Å². The maximum absolute atomic E-state index is 12.5. The van der Waals surface area contributed by atoms with E-state index in [0.717, 1.165) is 61.2 Å². The zero-order valence-corrected chi connectivity index (χ0v) is 16.5. The van der Waals surface area contributed by atoms with Crippen LogP contribution in [0.3, 0.4) is 0 Å². The molecule has 5 rings (SSSR count). The molecule has 0 spiro atoms. The van der Waals surface area contributed by atoms with Gasteiger partial charge >= 0.3 is 0 Å². The molecule has 1 amide bonds. The van der Waals surface area contributed by atoms with Crippen molar-refractivity contribution in [2.24, 2.45) is 13.0 Å². The summed E-state index contributed by atoms with van der Waals surface area (Å²) in [5.74, 6) is 2.69. The maximum atomic E-state index is 12.5. The Balaban J connectivity index is 1.12. The monoisotopic (exact) mass is 395 g/mol. The number of amides is 1. The number of rotatable bonds is 6. The predicted molar refractivity (Wildman–Crippen MR) is 106 cm³/mol. The minimum atomic E-state index is 0.0287. The highest BCUT2D eigenvalue weighted by atomic mass is 16.5. The Morgan fingerprint density at radius 1 is 1.21 bits per heavy atom. The molecule has 0 aromatic carbocycles. The fraction of sp³-hybridized carbons (Fsp3) is 0.550. The Kier molecular flexibility index (Phi) is 4.65.